The van der Waals surface area contributed by atoms with Crippen molar-refractivity contribution in [2.24, 2.45) is 0 Å². The number of hydrogen-bond acceptors (Lipinski definition) is 6. The van der Waals surface area contributed by atoms with Crippen LogP contribution in [0.15, 0.2) is 36.4 Å². The first-order valence-electron chi connectivity index (χ1n) is 11.0. The Bertz CT molecular complexity index is 1090. The highest BCUT2D eigenvalue weighted by atomic mass is 32.2. The first-order chi connectivity index (χ1) is 15.7. The van der Waals surface area contributed by atoms with Crippen molar-refractivity contribution in [2.45, 2.75) is 39.2 Å². The molecule has 0 saturated carbocycles. The molecule has 8 nitrogen and oxygen atoms in total. The van der Waals surface area contributed by atoms with E-state index in [0.717, 1.165) is 29.6 Å². The minimum Gasteiger partial charge on any atom is -0.496 e. The minimum atomic E-state index is -3.53. The molecule has 0 aliphatic carbocycles. The summed E-state index contributed by atoms with van der Waals surface area (Å²) in [6.07, 6.45) is 2.49. The van der Waals surface area contributed by atoms with Gasteiger partial charge in [-0.05, 0) is 49.1 Å². The lowest BCUT2D eigenvalue weighted by atomic mass is 10.0. The van der Waals surface area contributed by atoms with Crippen molar-refractivity contribution in [1.29, 1.82) is 0 Å². The zero-order valence-electron chi connectivity index (χ0n) is 19.6. The summed E-state index contributed by atoms with van der Waals surface area (Å²) in [5.41, 5.74) is 2.51. The molecule has 1 aliphatic rings. The largest absolute Gasteiger partial charge is 0.496 e. The Morgan fingerprint density at radius 3 is 2.52 bits per heavy atom. The monoisotopic (exact) mass is 476 g/mol. The van der Waals surface area contributed by atoms with Gasteiger partial charge in [0.15, 0.2) is 11.5 Å². The van der Waals surface area contributed by atoms with Crippen LogP contribution in [0.3, 0.4) is 0 Å². The molecule has 1 N–H and O–H groups in total. The quantitative estimate of drug-likeness (QED) is 0.563. The van der Waals surface area contributed by atoms with Crippen molar-refractivity contribution in [3.05, 3.63) is 47.5 Å². The van der Waals surface area contributed by atoms with Gasteiger partial charge in [-0.2, -0.15) is 0 Å². The molecule has 0 spiro atoms. The predicted molar refractivity (Wildman–Crippen MR) is 128 cm³/mol. The average Bonchev–Trinajstić information content (AvgIpc) is 2.79. The van der Waals surface area contributed by atoms with Crippen molar-refractivity contribution in [1.82, 2.24) is 5.32 Å². The van der Waals surface area contributed by atoms with Crippen molar-refractivity contribution >= 4 is 21.6 Å². The molecule has 180 valence electrons. The molecule has 1 amide bonds. The second-order valence-electron chi connectivity index (χ2n) is 8.02. The Labute approximate surface area is 195 Å². The first-order valence-corrected chi connectivity index (χ1v) is 12.9. The lowest BCUT2D eigenvalue weighted by molar-refractivity contribution is -0.121. The molecule has 2 aromatic rings. The standard InChI is InChI=1S/C24H32N2O6S/c1-5-20(18-8-10-21(30-3)17(2)15-18)25-24(27)7-6-12-26(33(4,28)29)19-9-11-22-23(16-19)32-14-13-31-22/h8-11,15-16,20H,5-7,12-14H2,1-4H3,(H,25,27)/t20-/m1/s1. The van der Waals surface area contributed by atoms with Gasteiger partial charge in [-0.25, -0.2) is 8.42 Å². The van der Waals surface area contributed by atoms with E-state index in [2.05, 4.69) is 5.32 Å². The van der Waals surface area contributed by atoms with Gasteiger partial charge in [0.1, 0.15) is 19.0 Å². The number of fused-ring (bicyclic) bond motifs is 1. The molecule has 2 aromatic carbocycles. The molecular formula is C24H32N2O6S. The fraction of sp³-hybridized carbons (Fsp3) is 0.458. The van der Waals surface area contributed by atoms with E-state index in [4.69, 9.17) is 14.2 Å². The number of hydrogen-bond donors (Lipinski definition) is 1. The normalized spacial score (nSPS) is 13.8. The smallest absolute Gasteiger partial charge is 0.232 e. The summed E-state index contributed by atoms with van der Waals surface area (Å²) in [6.45, 7) is 5.05. The van der Waals surface area contributed by atoms with E-state index >= 15 is 0 Å². The Morgan fingerprint density at radius 2 is 1.88 bits per heavy atom. The molecule has 9 heteroatoms. The second kappa shape index (κ2) is 10.8. The molecule has 0 saturated heterocycles. The molecule has 0 unspecified atom stereocenters. The Kier molecular flexibility index (Phi) is 8.07. The molecule has 0 bridgehead atoms. The molecule has 1 aliphatic heterocycles. The molecule has 33 heavy (non-hydrogen) atoms. The van der Waals surface area contributed by atoms with Crippen LogP contribution in [-0.4, -0.2) is 47.4 Å². The summed E-state index contributed by atoms with van der Waals surface area (Å²) in [5, 5.41) is 3.06. The van der Waals surface area contributed by atoms with Crippen LogP contribution in [0.2, 0.25) is 0 Å². The summed E-state index contributed by atoms with van der Waals surface area (Å²) in [4.78, 5) is 12.6. The van der Waals surface area contributed by atoms with Gasteiger partial charge in [0.2, 0.25) is 15.9 Å². The highest BCUT2D eigenvalue weighted by Crippen LogP contribution is 2.34. The van der Waals surface area contributed by atoms with E-state index in [1.807, 2.05) is 32.0 Å². The summed E-state index contributed by atoms with van der Waals surface area (Å²) >= 11 is 0. The van der Waals surface area contributed by atoms with E-state index in [9.17, 15) is 13.2 Å². The Hall–Kier alpha value is -2.94. The summed E-state index contributed by atoms with van der Waals surface area (Å²) in [7, 11) is -1.90. The number of sulfonamides is 1. The fourth-order valence-corrected chi connectivity index (χ4v) is 4.82. The van der Waals surface area contributed by atoms with E-state index in [1.54, 1.807) is 25.3 Å². The van der Waals surface area contributed by atoms with Crippen molar-refractivity contribution in [3.8, 4) is 17.2 Å². The van der Waals surface area contributed by atoms with Gasteiger partial charge in [-0.15, -0.1) is 0 Å². The van der Waals surface area contributed by atoms with Crippen molar-refractivity contribution in [3.63, 3.8) is 0 Å². The third-order valence-corrected chi connectivity index (χ3v) is 6.74. The topological polar surface area (TPSA) is 94.2 Å². The van der Waals surface area contributed by atoms with Crippen LogP contribution in [0, 0.1) is 6.92 Å². The highest BCUT2D eigenvalue weighted by molar-refractivity contribution is 7.92. The highest BCUT2D eigenvalue weighted by Gasteiger charge is 2.21. The van der Waals surface area contributed by atoms with Gasteiger partial charge in [0.25, 0.3) is 0 Å². The molecule has 1 atom stereocenters. The fourth-order valence-electron chi connectivity index (χ4n) is 3.86. The molecule has 3 rings (SSSR count). The van der Waals surface area contributed by atoms with E-state index in [0.29, 0.717) is 36.8 Å². The van der Waals surface area contributed by atoms with Crippen LogP contribution in [0.5, 0.6) is 17.2 Å². The summed E-state index contributed by atoms with van der Waals surface area (Å²) in [5.74, 6) is 1.80. The van der Waals surface area contributed by atoms with Crippen LogP contribution < -0.4 is 23.8 Å². The Balaban J connectivity index is 1.61. The molecular weight excluding hydrogens is 444 g/mol. The summed E-state index contributed by atoms with van der Waals surface area (Å²) < 4.78 is 42.5. The maximum atomic E-state index is 12.6. The van der Waals surface area contributed by atoms with Crippen LogP contribution in [-0.2, 0) is 14.8 Å². The number of anilines is 1. The molecule has 0 aromatic heterocycles. The lowest BCUT2D eigenvalue weighted by Crippen LogP contribution is -2.33. The number of nitrogens with one attached hydrogen (secondary N) is 1. The van der Waals surface area contributed by atoms with Gasteiger partial charge in [0, 0.05) is 19.0 Å². The maximum Gasteiger partial charge on any atom is 0.232 e. The zero-order valence-corrected chi connectivity index (χ0v) is 20.4. The van der Waals surface area contributed by atoms with Crippen LogP contribution in [0.1, 0.15) is 43.4 Å². The van der Waals surface area contributed by atoms with Crippen LogP contribution in [0.25, 0.3) is 0 Å². The third kappa shape index (κ3) is 6.31. The predicted octanol–water partition coefficient (Wildman–Crippen LogP) is 3.59. The van der Waals surface area contributed by atoms with E-state index in [1.165, 1.54) is 4.31 Å². The molecule has 0 fully saturated rings. The number of methoxy groups -OCH3 is 1. The number of nitrogens with zero attached hydrogens (tertiary/aromatic N) is 1. The number of benzene rings is 2. The number of carbonyl (C=O) groups is 1. The number of rotatable bonds is 10. The van der Waals surface area contributed by atoms with Crippen molar-refractivity contribution in [2.75, 3.05) is 37.4 Å². The number of carbonyl (C=O) groups excluding carboxylic acids is 1. The first kappa shape index (κ1) is 24.7. The number of amides is 1. The van der Waals surface area contributed by atoms with Gasteiger partial charge in [-0.3, -0.25) is 9.10 Å². The van der Waals surface area contributed by atoms with Crippen LogP contribution in [0.4, 0.5) is 5.69 Å². The minimum absolute atomic E-state index is 0.119. The molecule has 0 radical (unpaired) electrons. The zero-order chi connectivity index (χ0) is 24.0. The van der Waals surface area contributed by atoms with Crippen molar-refractivity contribution < 1.29 is 27.4 Å². The van der Waals surface area contributed by atoms with E-state index in [-0.39, 0.29) is 24.9 Å². The lowest BCUT2D eigenvalue weighted by Gasteiger charge is -2.25. The summed E-state index contributed by atoms with van der Waals surface area (Å²) in [6, 6.07) is 10.8. The van der Waals surface area contributed by atoms with E-state index < -0.39 is 10.0 Å². The average molecular weight is 477 g/mol. The third-order valence-electron chi connectivity index (χ3n) is 5.54. The van der Waals surface area contributed by atoms with Gasteiger partial charge in [0.05, 0.1) is 25.1 Å². The van der Waals surface area contributed by atoms with Gasteiger partial charge < -0.3 is 19.5 Å². The molecule has 1 heterocycles. The SMILES string of the molecule is CC[C@@H](NC(=O)CCCN(c1ccc2c(c1)OCCO2)S(C)(=O)=O)c1ccc(OC)c(C)c1. The number of ether oxygens (including phenoxy) is 3. The Morgan fingerprint density at radius 1 is 1.15 bits per heavy atom. The van der Waals surface area contributed by atoms with Gasteiger partial charge in [-0.1, -0.05) is 19.1 Å². The second-order valence-corrected chi connectivity index (χ2v) is 9.93. The maximum absolute atomic E-state index is 12.6. The number of aryl methyl sites for hydroxylation is 1. The van der Waals surface area contributed by atoms with Gasteiger partial charge >= 0.3 is 0 Å². The van der Waals surface area contributed by atoms with Crippen LogP contribution >= 0.6 is 0 Å².